The molecule has 0 saturated heterocycles. The van der Waals surface area contributed by atoms with Crippen LogP contribution in [0.25, 0.3) is 55.8 Å². The summed E-state index contributed by atoms with van der Waals surface area (Å²) in [5, 5.41) is 12.1. The van der Waals surface area contributed by atoms with Gasteiger partial charge in [0, 0.05) is 47.8 Å². The predicted octanol–water partition coefficient (Wildman–Crippen LogP) is 4.73. The second-order valence-corrected chi connectivity index (χ2v) is 8.07. The van der Waals surface area contributed by atoms with Gasteiger partial charge in [0.25, 0.3) is 0 Å². The Bertz CT molecular complexity index is 1600. The molecule has 0 aliphatic carbocycles. The van der Waals surface area contributed by atoms with E-state index in [2.05, 4.69) is 54.5 Å². The number of rotatable bonds is 6. The molecule has 6 aromatic heterocycles. The van der Waals surface area contributed by atoms with Crippen LogP contribution in [-0.2, 0) is 6.54 Å². The molecule has 0 aromatic carbocycles. The molecule has 0 amide bonds. The lowest BCUT2D eigenvalue weighted by Gasteiger charge is -2.05. The van der Waals surface area contributed by atoms with Crippen LogP contribution in [0.4, 0.5) is 0 Å². The van der Waals surface area contributed by atoms with Crippen molar-refractivity contribution in [1.82, 2.24) is 40.4 Å². The summed E-state index contributed by atoms with van der Waals surface area (Å²) < 4.78 is 0. The quantitative estimate of drug-likeness (QED) is 0.341. The van der Waals surface area contributed by atoms with Gasteiger partial charge in [-0.15, -0.1) is 0 Å². The highest BCUT2D eigenvalue weighted by molar-refractivity contribution is 5.99. The summed E-state index contributed by atoms with van der Waals surface area (Å²) in [6, 6.07) is 14.1. The molecule has 0 atom stereocenters. The van der Waals surface area contributed by atoms with Crippen molar-refractivity contribution in [2.45, 2.75) is 13.5 Å². The van der Waals surface area contributed by atoms with E-state index in [4.69, 9.17) is 4.98 Å². The number of hydrogen-bond donors (Lipinski definition) is 3. The van der Waals surface area contributed by atoms with Gasteiger partial charge < -0.3 is 10.3 Å². The van der Waals surface area contributed by atoms with E-state index in [9.17, 15) is 0 Å². The Morgan fingerprint density at radius 3 is 2.74 bits per heavy atom. The van der Waals surface area contributed by atoms with Crippen molar-refractivity contribution in [2.24, 2.45) is 0 Å². The number of aromatic nitrogens is 7. The Kier molecular flexibility index (Phi) is 5.04. The van der Waals surface area contributed by atoms with Crippen LogP contribution in [0.3, 0.4) is 0 Å². The summed E-state index contributed by atoms with van der Waals surface area (Å²) in [6.07, 6.45) is 9.18. The molecule has 166 valence electrons. The minimum Gasteiger partial charge on any atom is -0.352 e. The van der Waals surface area contributed by atoms with Gasteiger partial charge in [-0.2, -0.15) is 5.10 Å². The van der Waals surface area contributed by atoms with Crippen LogP contribution in [0, 0.1) is 0 Å². The van der Waals surface area contributed by atoms with E-state index in [-0.39, 0.29) is 0 Å². The van der Waals surface area contributed by atoms with Crippen molar-refractivity contribution < 1.29 is 0 Å². The number of nitrogens with zero attached hydrogens (tertiary/aromatic N) is 5. The number of fused-ring (bicyclic) bond motifs is 2. The van der Waals surface area contributed by atoms with Crippen LogP contribution in [0.5, 0.6) is 0 Å². The fourth-order valence-electron chi connectivity index (χ4n) is 4.15. The van der Waals surface area contributed by atoms with Crippen molar-refractivity contribution in [3.8, 4) is 33.9 Å². The number of hydrogen-bond acceptors (Lipinski definition) is 6. The van der Waals surface area contributed by atoms with Gasteiger partial charge in [-0.1, -0.05) is 13.0 Å². The van der Waals surface area contributed by atoms with E-state index in [1.54, 1.807) is 6.20 Å². The van der Waals surface area contributed by atoms with E-state index in [1.807, 2.05) is 55.1 Å². The zero-order valence-corrected chi connectivity index (χ0v) is 18.6. The summed E-state index contributed by atoms with van der Waals surface area (Å²) in [5.74, 6) is 0. The first-order valence-corrected chi connectivity index (χ1v) is 11.2. The van der Waals surface area contributed by atoms with Crippen molar-refractivity contribution >= 4 is 21.9 Å². The SMILES string of the molecule is CCNCc1cncc(-c2ccc3[nH]nc(-c4cc5c(-c6ccccn6)cncc5[nH]4)c3n2)c1. The minimum absolute atomic E-state index is 0.761. The van der Waals surface area contributed by atoms with E-state index < -0.39 is 0 Å². The Balaban J connectivity index is 1.44. The minimum atomic E-state index is 0.761. The van der Waals surface area contributed by atoms with Crippen LogP contribution < -0.4 is 5.32 Å². The van der Waals surface area contributed by atoms with Crippen LogP contribution in [0.2, 0.25) is 0 Å². The second kappa shape index (κ2) is 8.49. The molecule has 0 bridgehead atoms. The Morgan fingerprint density at radius 2 is 1.85 bits per heavy atom. The molecule has 8 nitrogen and oxygen atoms in total. The number of nitrogens with one attached hydrogen (secondary N) is 3. The molecular weight excluding hydrogens is 424 g/mol. The van der Waals surface area contributed by atoms with Crippen molar-refractivity contribution in [3.05, 3.63) is 79.0 Å². The Morgan fingerprint density at radius 1 is 0.912 bits per heavy atom. The van der Waals surface area contributed by atoms with Gasteiger partial charge in [0.05, 0.1) is 34.3 Å². The molecule has 0 fully saturated rings. The van der Waals surface area contributed by atoms with Gasteiger partial charge >= 0.3 is 0 Å². The summed E-state index contributed by atoms with van der Waals surface area (Å²) in [6.45, 7) is 3.78. The summed E-state index contributed by atoms with van der Waals surface area (Å²) in [5.41, 5.74) is 9.03. The average molecular weight is 447 g/mol. The van der Waals surface area contributed by atoms with Gasteiger partial charge in [0.1, 0.15) is 11.2 Å². The predicted molar refractivity (Wildman–Crippen MR) is 133 cm³/mol. The smallest absolute Gasteiger partial charge is 0.135 e. The van der Waals surface area contributed by atoms with Gasteiger partial charge in [-0.05, 0) is 48.5 Å². The monoisotopic (exact) mass is 446 g/mol. The molecule has 8 heteroatoms. The summed E-state index contributed by atoms with van der Waals surface area (Å²) in [7, 11) is 0. The molecular formula is C26H22N8. The maximum absolute atomic E-state index is 4.95. The number of H-pyrrole nitrogens is 2. The first-order valence-electron chi connectivity index (χ1n) is 11.2. The topological polar surface area (TPSA) is 108 Å². The highest BCUT2D eigenvalue weighted by atomic mass is 15.1. The van der Waals surface area contributed by atoms with Crippen LogP contribution >= 0.6 is 0 Å². The standard InChI is InChI=1S/C26H22N8/c1-2-27-11-16-9-17(13-28-12-16)20-6-7-22-25(32-20)26(34-33-22)23-10-18-19(14-29-15-24(18)31-23)21-5-3-4-8-30-21/h3-10,12-15,27,31H,2,11H2,1H3,(H,33,34). The molecule has 0 saturated carbocycles. The first-order chi connectivity index (χ1) is 16.8. The van der Waals surface area contributed by atoms with Gasteiger partial charge in [-0.25, -0.2) is 4.98 Å². The molecule has 3 N–H and O–H groups in total. The number of pyridine rings is 4. The molecule has 0 aliphatic rings. The van der Waals surface area contributed by atoms with E-state index in [1.165, 1.54) is 0 Å². The molecule has 34 heavy (non-hydrogen) atoms. The summed E-state index contributed by atoms with van der Waals surface area (Å²) in [4.78, 5) is 21.7. The third kappa shape index (κ3) is 3.60. The highest BCUT2D eigenvalue weighted by Crippen LogP contribution is 2.33. The average Bonchev–Trinajstić information content (AvgIpc) is 3.51. The van der Waals surface area contributed by atoms with Crippen molar-refractivity contribution in [1.29, 1.82) is 0 Å². The zero-order valence-electron chi connectivity index (χ0n) is 18.6. The largest absolute Gasteiger partial charge is 0.352 e. The molecule has 6 heterocycles. The van der Waals surface area contributed by atoms with E-state index in [0.717, 1.165) is 74.5 Å². The zero-order chi connectivity index (χ0) is 22.9. The lowest BCUT2D eigenvalue weighted by Crippen LogP contribution is -2.11. The van der Waals surface area contributed by atoms with Crippen LogP contribution in [0.1, 0.15) is 12.5 Å². The van der Waals surface area contributed by atoms with Gasteiger partial charge in [-0.3, -0.25) is 20.1 Å². The fourth-order valence-corrected chi connectivity index (χ4v) is 4.15. The fraction of sp³-hybridized carbons (Fsp3) is 0.115. The molecule has 0 unspecified atom stereocenters. The summed E-state index contributed by atoms with van der Waals surface area (Å²) >= 11 is 0. The Labute approximate surface area is 195 Å². The van der Waals surface area contributed by atoms with Gasteiger partial charge in [0.15, 0.2) is 0 Å². The lowest BCUT2D eigenvalue weighted by molar-refractivity contribution is 0.724. The molecule has 0 radical (unpaired) electrons. The maximum Gasteiger partial charge on any atom is 0.135 e. The van der Waals surface area contributed by atoms with E-state index in [0.29, 0.717) is 0 Å². The van der Waals surface area contributed by atoms with Crippen LogP contribution in [0.15, 0.2) is 73.4 Å². The third-order valence-electron chi connectivity index (χ3n) is 5.82. The molecule has 6 aromatic rings. The molecule has 0 spiro atoms. The second-order valence-electron chi connectivity index (χ2n) is 8.07. The van der Waals surface area contributed by atoms with Crippen LogP contribution in [-0.4, -0.2) is 41.7 Å². The Hall–Kier alpha value is -4.43. The molecule has 6 rings (SSSR count). The highest BCUT2D eigenvalue weighted by Gasteiger charge is 2.16. The number of aromatic amines is 2. The maximum atomic E-state index is 4.95. The van der Waals surface area contributed by atoms with Crippen molar-refractivity contribution in [2.75, 3.05) is 6.54 Å². The van der Waals surface area contributed by atoms with Gasteiger partial charge in [0.2, 0.25) is 0 Å². The lowest BCUT2D eigenvalue weighted by atomic mass is 10.1. The molecule has 0 aliphatic heterocycles. The normalized spacial score (nSPS) is 11.4. The third-order valence-corrected chi connectivity index (χ3v) is 5.82. The first kappa shape index (κ1) is 20.2. The van der Waals surface area contributed by atoms with Crippen molar-refractivity contribution in [3.63, 3.8) is 0 Å². The van der Waals surface area contributed by atoms with E-state index >= 15 is 0 Å².